The molecule has 2 rings (SSSR count). The zero-order valence-electron chi connectivity index (χ0n) is 8.84. The monoisotopic (exact) mass is 196 g/mol. The molecule has 0 radical (unpaired) electrons. The first-order valence-electron chi connectivity index (χ1n) is 6.03. The number of hydrogen-bond donors (Lipinski definition) is 0. The fourth-order valence-electron chi connectivity index (χ4n) is 2.75. The molecule has 2 heteroatoms. The quantitative estimate of drug-likeness (QED) is 0.646. The van der Waals surface area contributed by atoms with Gasteiger partial charge in [-0.2, -0.15) is 0 Å². The van der Waals surface area contributed by atoms with Gasteiger partial charge in [-0.1, -0.05) is 38.5 Å². The van der Waals surface area contributed by atoms with Crippen molar-refractivity contribution in [2.75, 3.05) is 6.61 Å². The molecule has 2 aliphatic rings. The smallest absolute Gasteiger partial charge is 0.309 e. The molecule has 0 aromatic heterocycles. The van der Waals surface area contributed by atoms with E-state index in [1.165, 1.54) is 38.5 Å². The molecule has 14 heavy (non-hydrogen) atoms. The van der Waals surface area contributed by atoms with Crippen molar-refractivity contribution in [2.24, 2.45) is 11.8 Å². The molecule has 1 atom stereocenters. The largest absolute Gasteiger partial charge is 0.465 e. The molecule has 1 aliphatic carbocycles. The molecule has 2 nitrogen and oxygen atoms in total. The zero-order valence-corrected chi connectivity index (χ0v) is 8.84. The van der Waals surface area contributed by atoms with Crippen molar-refractivity contribution in [2.45, 2.75) is 51.4 Å². The van der Waals surface area contributed by atoms with Crippen molar-refractivity contribution in [3.05, 3.63) is 0 Å². The van der Waals surface area contributed by atoms with Gasteiger partial charge in [-0.3, -0.25) is 4.79 Å². The SMILES string of the molecule is O=C1OCCC1CCCC1CCCC1. The predicted octanol–water partition coefficient (Wildman–Crippen LogP) is 2.91. The average molecular weight is 196 g/mol. The van der Waals surface area contributed by atoms with Crippen molar-refractivity contribution < 1.29 is 9.53 Å². The van der Waals surface area contributed by atoms with Gasteiger partial charge in [0.1, 0.15) is 0 Å². The van der Waals surface area contributed by atoms with Crippen molar-refractivity contribution in [3.8, 4) is 0 Å². The Hall–Kier alpha value is -0.530. The Kier molecular flexibility index (Phi) is 3.44. The van der Waals surface area contributed by atoms with E-state index in [0.29, 0.717) is 6.61 Å². The Bertz CT molecular complexity index is 194. The van der Waals surface area contributed by atoms with Crippen molar-refractivity contribution in [3.63, 3.8) is 0 Å². The first kappa shape index (κ1) is 10.0. The van der Waals surface area contributed by atoms with E-state index in [9.17, 15) is 4.79 Å². The topological polar surface area (TPSA) is 26.3 Å². The van der Waals surface area contributed by atoms with Crippen molar-refractivity contribution >= 4 is 5.97 Å². The fraction of sp³-hybridized carbons (Fsp3) is 0.917. The second kappa shape index (κ2) is 4.81. The Balaban J connectivity index is 1.60. The van der Waals surface area contributed by atoms with Gasteiger partial charge < -0.3 is 4.74 Å². The molecule has 0 N–H and O–H groups in total. The molecular weight excluding hydrogens is 176 g/mol. The maximum Gasteiger partial charge on any atom is 0.309 e. The van der Waals surface area contributed by atoms with Crippen molar-refractivity contribution in [1.29, 1.82) is 0 Å². The third kappa shape index (κ3) is 2.49. The summed E-state index contributed by atoms with van der Waals surface area (Å²) in [4.78, 5) is 11.2. The van der Waals surface area contributed by atoms with Gasteiger partial charge >= 0.3 is 5.97 Å². The first-order chi connectivity index (χ1) is 6.86. The predicted molar refractivity (Wildman–Crippen MR) is 54.9 cm³/mol. The number of ether oxygens (including phenoxy) is 1. The first-order valence-corrected chi connectivity index (χ1v) is 6.03. The number of carbonyl (C=O) groups is 1. The number of cyclic esters (lactones) is 1. The molecule has 0 aromatic rings. The Morgan fingerprint density at radius 2 is 1.93 bits per heavy atom. The molecule has 2 fully saturated rings. The van der Waals surface area contributed by atoms with Crippen LogP contribution in [0.2, 0.25) is 0 Å². The van der Waals surface area contributed by atoms with E-state index in [0.717, 1.165) is 18.8 Å². The molecule has 0 aromatic carbocycles. The second-order valence-corrected chi connectivity index (χ2v) is 4.73. The highest BCUT2D eigenvalue weighted by molar-refractivity contribution is 5.73. The zero-order chi connectivity index (χ0) is 9.80. The van der Waals surface area contributed by atoms with Crippen LogP contribution in [0, 0.1) is 11.8 Å². The average Bonchev–Trinajstić information content (AvgIpc) is 2.78. The Labute approximate surface area is 86.0 Å². The molecule has 1 aliphatic heterocycles. The third-order valence-corrected chi connectivity index (χ3v) is 3.68. The van der Waals surface area contributed by atoms with Crippen LogP contribution in [0.4, 0.5) is 0 Å². The lowest BCUT2D eigenvalue weighted by Gasteiger charge is -2.09. The summed E-state index contributed by atoms with van der Waals surface area (Å²) < 4.78 is 4.95. The Morgan fingerprint density at radius 1 is 1.14 bits per heavy atom. The molecule has 0 spiro atoms. The number of carbonyl (C=O) groups excluding carboxylic acids is 1. The highest BCUT2D eigenvalue weighted by Gasteiger charge is 2.26. The molecular formula is C12H20O2. The van der Waals surface area contributed by atoms with Crippen LogP contribution >= 0.6 is 0 Å². The summed E-state index contributed by atoms with van der Waals surface area (Å²) >= 11 is 0. The van der Waals surface area contributed by atoms with E-state index in [1.54, 1.807) is 0 Å². The maximum atomic E-state index is 11.2. The minimum absolute atomic E-state index is 0.0522. The van der Waals surface area contributed by atoms with Crippen LogP contribution in [0.3, 0.4) is 0 Å². The summed E-state index contributed by atoms with van der Waals surface area (Å²) in [5.41, 5.74) is 0. The standard InChI is InChI=1S/C12H20O2/c13-12-11(8-9-14-12)7-3-6-10-4-1-2-5-10/h10-11H,1-9H2. The molecule has 1 saturated heterocycles. The third-order valence-electron chi connectivity index (χ3n) is 3.68. The van der Waals surface area contributed by atoms with Crippen LogP contribution in [0.15, 0.2) is 0 Å². The van der Waals surface area contributed by atoms with Crippen molar-refractivity contribution in [1.82, 2.24) is 0 Å². The van der Waals surface area contributed by atoms with Gasteiger partial charge in [0.15, 0.2) is 0 Å². The number of rotatable bonds is 4. The lowest BCUT2D eigenvalue weighted by molar-refractivity contribution is -0.141. The van der Waals surface area contributed by atoms with Crippen LogP contribution in [0.25, 0.3) is 0 Å². The molecule has 1 saturated carbocycles. The summed E-state index contributed by atoms with van der Waals surface area (Å²) in [6, 6.07) is 0. The van der Waals surface area contributed by atoms with Gasteiger partial charge in [-0.25, -0.2) is 0 Å². The number of esters is 1. The highest BCUT2D eigenvalue weighted by atomic mass is 16.5. The molecule has 1 unspecified atom stereocenters. The molecule has 0 bridgehead atoms. The van der Waals surface area contributed by atoms with Crippen LogP contribution in [0.1, 0.15) is 51.4 Å². The Morgan fingerprint density at radius 3 is 2.57 bits per heavy atom. The van der Waals surface area contributed by atoms with Gasteiger partial charge in [0.05, 0.1) is 12.5 Å². The van der Waals surface area contributed by atoms with E-state index >= 15 is 0 Å². The normalized spacial score (nSPS) is 28.3. The van der Waals surface area contributed by atoms with E-state index < -0.39 is 0 Å². The molecule has 1 heterocycles. The lowest BCUT2D eigenvalue weighted by Crippen LogP contribution is -2.07. The summed E-state index contributed by atoms with van der Waals surface area (Å²) in [5, 5.41) is 0. The van der Waals surface area contributed by atoms with Crippen LogP contribution in [0.5, 0.6) is 0 Å². The maximum absolute atomic E-state index is 11.2. The molecule has 0 amide bonds. The lowest BCUT2D eigenvalue weighted by atomic mass is 9.95. The summed E-state index contributed by atoms with van der Waals surface area (Å²) in [7, 11) is 0. The highest BCUT2D eigenvalue weighted by Crippen LogP contribution is 2.30. The van der Waals surface area contributed by atoms with Crippen LogP contribution < -0.4 is 0 Å². The van der Waals surface area contributed by atoms with E-state index in [4.69, 9.17) is 4.74 Å². The van der Waals surface area contributed by atoms with E-state index in [2.05, 4.69) is 0 Å². The molecule has 80 valence electrons. The minimum Gasteiger partial charge on any atom is -0.465 e. The second-order valence-electron chi connectivity index (χ2n) is 4.73. The summed E-state index contributed by atoms with van der Waals surface area (Å²) in [6.45, 7) is 0.660. The van der Waals surface area contributed by atoms with E-state index in [1.807, 2.05) is 0 Å². The van der Waals surface area contributed by atoms with Crippen LogP contribution in [-0.2, 0) is 9.53 Å². The number of hydrogen-bond acceptors (Lipinski definition) is 2. The van der Waals surface area contributed by atoms with Gasteiger partial charge in [0.2, 0.25) is 0 Å². The summed E-state index contributed by atoms with van der Waals surface area (Å²) in [6.07, 6.45) is 10.3. The van der Waals surface area contributed by atoms with Gasteiger partial charge in [0, 0.05) is 0 Å². The van der Waals surface area contributed by atoms with Gasteiger partial charge in [-0.05, 0) is 18.8 Å². The van der Waals surface area contributed by atoms with Gasteiger partial charge in [0.25, 0.3) is 0 Å². The summed E-state index contributed by atoms with van der Waals surface area (Å²) in [5.74, 6) is 1.25. The fourth-order valence-corrected chi connectivity index (χ4v) is 2.75. The van der Waals surface area contributed by atoms with E-state index in [-0.39, 0.29) is 11.9 Å². The minimum atomic E-state index is 0.0522. The van der Waals surface area contributed by atoms with Gasteiger partial charge in [-0.15, -0.1) is 0 Å². The van der Waals surface area contributed by atoms with Crippen LogP contribution in [-0.4, -0.2) is 12.6 Å².